The molecule has 0 aliphatic heterocycles. The van der Waals surface area contributed by atoms with Crippen molar-refractivity contribution in [2.45, 2.75) is 38.3 Å². The van der Waals surface area contributed by atoms with E-state index >= 15 is 0 Å². The highest BCUT2D eigenvalue weighted by Crippen LogP contribution is 2.27. The molecule has 4 nitrogen and oxygen atoms in total. The van der Waals surface area contributed by atoms with Crippen LogP contribution >= 0.6 is 0 Å². The van der Waals surface area contributed by atoms with Crippen molar-refractivity contribution in [2.75, 3.05) is 20.1 Å². The number of nitrogens with two attached hydrogens (primary N) is 1. The number of nitrogens with one attached hydrogen (secondary N) is 1. The summed E-state index contributed by atoms with van der Waals surface area (Å²) in [5.74, 6) is 0.107. The lowest BCUT2D eigenvalue weighted by molar-refractivity contribution is -0.122. The van der Waals surface area contributed by atoms with Gasteiger partial charge in [-0.15, -0.1) is 0 Å². The van der Waals surface area contributed by atoms with Crippen LogP contribution in [0.25, 0.3) is 0 Å². The van der Waals surface area contributed by atoms with E-state index in [2.05, 4.69) is 17.3 Å². The second-order valence-electron chi connectivity index (χ2n) is 3.94. The summed E-state index contributed by atoms with van der Waals surface area (Å²) in [5, 5.41) is 2.80. The minimum Gasteiger partial charge on any atom is -0.356 e. The minimum atomic E-state index is 0.107. The van der Waals surface area contributed by atoms with Gasteiger partial charge in [-0.05, 0) is 26.8 Å². The van der Waals surface area contributed by atoms with E-state index in [1.165, 1.54) is 12.8 Å². The normalized spacial score (nSPS) is 18.3. The number of hydrogen-bond donors (Lipinski definition) is 2. The Labute approximate surface area is 85.8 Å². The third-order valence-corrected chi connectivity index (χ3v) is 2.77. The molecule has 1 rings (SSSR count). The van der Waals surface area contributed by atoms with Crippen molar-refractivity contribution in [3.8, 4) is 0 Å². The highest BCUT2D eigenvalue weighted by atomic mass is 16.1. The molecular weight excluding hydrogens is 178 g/mol. The number of amides is 1. The van der Waals surface area contributed by atoms with Crippen LogP contribution < -0.4 is 11.1 Å². The third kappa shape index (κ3) is 3.27. The van der Waals surface area contributed by atoms with Crippen molar-refractivity contribution in [1.29, 1.82) is 0 Å². The molecule has 4 heteroatoms. The molecule has 0 saturated heterocycles. The molecule has 0 aromatic carbocycles. The number of hydrogen-bond acceptors (Lipinski definition) is 3. The molecule has 0 spiro atoms. The molecule has 3 N–H and O–H groups in total. The Morgan fingerprint density at radius 1 is 1.64 bits per heavy atom. The first-order valence-electron chi connectivity index (χ1n) is 5.37. The van der Waals surface area contributed by atoms with Gasteiger partial charge in [0, 0.05) is 31.6 Å². The molecule has 1 saturated carbocycles. The van der Waals surface area contributed by atoms with E-state index in [0.717, 1.165) is 0 Å². The van der Waals surface area contributed by atoms with Crippen LogP contribution in [0.2, 0.25) is 0 Å². The SMILES string of the molecule is CCNC(=O)CC(CN)N(C)C1CC1. The molecule has 82 valence electrons. The molecule has 0 bridgehead atoms. The summed E-state index contributed by atoms with van der Waals surface area (Å²) in [5.41, 5.74) is 5.66. The van der Waals surface area contributed by atoms with Gasteiger partial charge in [0.25, 0.3) is 0 Å². The van der Waals surface area contributed by atoms with E-state index in [4.69, 9.17) is 5.73 Å². The van der Waals surface area contributed by atoms with Gasteiger partial charge in [-0.2, -0.15) is 0 Å². The van der Waals surface area contributed by atoms with Crippen LogP contribution in [0, 0.1) is 0 Å². The van der Waals surface area contributed by atoms with Crippen molar-refractivity contribution in [2.24, 2.45) is 5.73 Å². The molecule has 1 aliphatic rings. The predicted octanol–water partition coefficient (Wildman–Crippen LogP) is -0.0659. The van der Waals surface area contributed by atoms with Crippen molar-refractivity contribution in [1.82, 2.24) is 10.2 Å². The lowest BCUT2D eigenvalue weighted by Crippen LogP contribution is -2.42. The molecular formula is C10H21N3O. The monoisotopic (exact) mass is 199 g/mol. The van der Waals surface area contributed by atoms with Crippen molar-refractivity contribution in [3.63, 3.8) is 0 Å². The van der Waals surface area contributed by atoms with E-state index in [-0.39, 0.29) is 11.9 Å². The number of nitrogens with zero attached hydrogens (tertiary/aromatic N) is 1. The Bertz CT molecular complexity index is 192. The van der Waals surface area contributed by atoms with E-state index < -0.39 is 0 Å². The summed E-state index contributed by atoms with van der Waals surface area (Å²) in [6.07, 6.45) is 3.03. The summed E-state index contributed by atoms with van der Waals surface area (Å²) in [6.45, 7) is 3.19. The van der Waals surface area contributed by atoms with Gasteiger partial charge in [0.1, 0.15) is 0 Å². The lowest BCUT2D eigenvalue weighted by Gasteiger charge is -2.26. The first-order valence-corrected chi connectivity index (χ1v) is 5.37. The van der Waals surface area contributed by atoms with Crippen molar-refractivity contribution < 1.29 is 4.79 Å². The van der Waals surface area contributed by atoms with E-state index in [9.17, 15) is 4.79 Å². The maximum absolute atomic E-state index is 11.4. The fraction of sp³-hybridized carbons (Fsp3) is 0.900. The smallest absolute Gasteiger partial charge is 0.221 e. The minimum absolute atomic E-state index is 0.107. The van der Waals surface area contributed by atoms with Crippen LogP contribution in [-0.2, 0) is 4.79 Å². The van der Waals surface area contributed by atoms with Gasteiger partial charge < -0.3 is 11.1 Å². The molecule has 1 atom stereocenters. The average molecular weight is 199 g/mol. The molecule has 0 aromatic rings. The standard InChI is InChI=1S/C10H21N3O/c1-3-12-10(14)6-9(7-11)13(2)8-4-5-8/h8-9H,3-7,11H2,1-2H3,(H,12,14). The first kappa shape index (κ1) is 11.5. The van der Waals surface area contributed by atoms with E-state index in [1.54, 1.807) is 0 Å². The quantitative estimate of drug-likeness (QED) is 0.630. The maximum atomic E-state index is 11.4. The number of likely N-dealkylation sites (N-methyl/N-ethyl adjacent to an activating group) is 1. The zero-order valence-corrected chi connectivity index (χ0v) is 9.12. The van der Waals surface area contributed by atoms with Crippen LogP contribution in [0.1, 0.15) is 26.2 Å². The van der Waals surface area contributed by atoms with Crippen LogP contribution in [0.3, 0.4) is 0 Å². The summed E-state index contributed by atoms with van der Waals surface area (Å²) in [6, 6.07) is 0.868. The number of carbonyl (C=O) groups excluding carboxylic acids is 1. The molecule has 0 aromatic heterocycles. The highest BCUT2D eigenvalue weighted by Gasteiger charge is 2.31. The Morgan fingerprint density at radius 3 is 2.71 bits per heavy atom. The third-order valence-electron chi connectivity index (χ3n) is 2.77. The number of carbonyl (C=O) groups is 1. The summed E-state index contributed by atoms with van der Waals surface area (Å²) in [4.78, 5) is 13.6. The van der Waals surface area contributed by atoms with Gasteiger partial charge in [-0.1, -0.05) is 0 Å². The molecule has 0 heterocycles. The Balaban J connectivity index is 2.33. The largest absolute Gasteiger partial charge is 0.356 e. The van der Waals surface area contributed by atoms with Crippen molar-refractivity contribution >= 4 is 5.91 Å². The lowest BCUT2D eigenvalue weighted by atomic mass is 10.1. The molecule has 1 aliphatic carbocycles. The second kappa shape index (κ2) is 5.32. The molecule has 1 fully saturated rings. The fourth-order valence-corrected chi connectivity index (χ4v) is 1.66. The van der Waals surface area contributed by atoms with E-state index in [1.807, 2.05) is 6.92 Å². The Morgan fingerprint density at radius 2 is 2.29 bits per heavy atom. The van der Waals surface area contributed by atoms with Gasteiger partial charge in [0.2, 0.25) is 5.91 Å². The van der Waals surface area contributed by atoms with Crippen LogP contribution in [0.5, 0.6) is 0 Å². The maximum Gasteiger partial charge on any atom is 0.221 e. The predicted molar refractivity (Wildman–Crippen MR) is 56.9 cm³/mol. The summed E-state index contributed by atoms with van der Waals surface area (Å²) < 4.78 is 0. The summed E-state index contributed by atoms with van der Waals surface area (Å²) in [7, 11) is 2.06. The van der Waals surface area contributed by atoms with Gasteiger partial charge in [0.15, 0.2) is 0 Å². The fourth-order valence-electron chi connectivity index (χ4n) is 1.66. The topological polar surface area (TPSA) is 58.4 Å². The Hall–Kier alpha value is -0.610. The second-order valence-corrected chi connectivity index (χ2v) is 3.94. The van der Waals surface area contributed by atoms with E-state index in [0.29, 0.717) is 25.6 Å². The van der Waals surface area contributed by atoms with Crippen LogP contribution in [-0.4, -0.2) is 43.0 Å². The van der Waals surface area contributed by atoms with Gasteiger partial charge >= 0.3 is 0 Å². The molecule has 0 radical (unpaired) electrons. The average Bonchev–Trinajstić information content (AvgIpc) is 2.96. The molecule has 1 unspecified atom stereocenters. The van der Waals surface area contributed by atoms with Gasteiger partial charge in [-0.25, -0.2) is 0 Å². The molecule has 14 heavy (non-hydrogen) atoms. The molecule has 1 amide bonds. The first-order chi connectivity index (χ1) is 6.69. The van der Waals surface area contributed by atoms with Crippen molar-refractivity contribution in [3.05, 3.63) is 0 Å². The van der Waals surface area contributed by atoms with Crippen LogP contribution in [0.4, 0.5) is 0 Å². The zero-order valence-electron chi connectivity index (χ0n) is 9.12. The summed E-state index contributed by atoms with van der Waals surface area (Å²) >= 11 is 0. The Kier molecular flexibility index (Phi) is 4.35. The number of rotatable bonds is 6. The van der Waals surface area contributed by atoms with Gasteiger partial charge in [-0.3, -0.25) is 9.69 Å². The zero-order chi connectivity index (χ0) is 10.6. The van der Waals surface area contributed by atoms with Crippen LogP contribution in [0.15, 0.2) is 0 Å². The highest BCUT2D eigenvalue weighted by molar-refractivity contribution is 5.76. The van der Waals surface area contributed by atoms with Gasteiger partial charge in [0.05, 0.1) is 0 Å².